The molecule has 29 heavy (non-hydrogen) atoms. The summed E-state index contributed by atoms with van der Waals surface area (Å²) in [6.45, 7) is 6.46. The smallest absolute Gasteiger partial charge is 0.258 e. The Morgan fingerprint density at radius 1 is 0.966 bits per heavy atom. The highest BCUT2D eigenvalue weighted by Crippen LogP contribution is 2.24. The van der Waals surface area contributed by atoms with Crippen molar-refractivity contribution in [3.05, 3.63) is 65.7 Å². The van der Waals surface area contributed by atoms with E-state index in [0.717, 1.165) is 19.5 Å². The van der Waals surface area contributed by atoms with Gasteiger partial charge in [0.05, 0.1) is 6.54 Å². The fraction of sp³-hybridized carbons (Fsp3) is 0.391. The Balaban J connectivity index is 1.39. The van der Waals surface area contributed by atoms with Gasteiger partial charge in [-0.05, 0) is 43.5 Å². The number of fused-ring (bicyclic) bond motifs is 1. The molecule has 0 saturated heterocycles. The summed E-state index contributed by atoms with van der Waals surface area (Å²) in [5, 5.41) is 5.53. The average molecular weight is 396 g/mol. The third kappa shape index (κ3) is 6.06. The number of carbonyl (C=O) groups excluding carboxylic acids is 2. The lowest BCUT2D eigenvalue weighted by molar-refractivity contribution is -0.127. The highest BCUT2D eigenvalue weighted by molar-refractivity contribution is 5.85. The van der Waals surface area contributed by atoms with E-state index in [4.69, 9.17) is 4.74 Å². The molecule has 6 heteroatoms. The summed E-state index contributed by atoms with van der Waals surface area (Å²) in [7, 11) is 0. The van der Waals surface area contributed by atoms with Gasteiger partial charge in [0, 0.05) is 25.2 Å². The fourth-order valence-electron chi connectivity index (χ4n) is 3.40. The van der Waals surface area contributed by atoms with Crippen molar-refractivity contribution < 1.29 is 14.3 Å². The van der Waals surface area contributed by atoms with Gasteiger partial charge in [-0.2, -0.15) is 0 Å². The highest BCUT2D eigenvalue weighted by Gasteiger charge is 2.30. The summed E-state index contributed by atoms with van der Waals surface area (Å²) in [5.41, 5.74) is 2.58. The number of para-hydroxylation sites is 1. The van der Waals surface area contributed by atoms with Gasteiger partial charge in [-0.15, -0.1) is 0 Å². The summed E-state index contributed by atoms with van der Waals surface area (Å²) in [4.78, 5) is 26.4. The van der Waals surface area contributed by atoms with Crippen LogP contribution in [0.2, 0.25) is 0 Å². The quantitative estimate of drug-likeness (QED) is 0.718. The van der Waals surface area contributed by atoms with Gasteiger partial charge in [-0.3, -0.25) is 14.5 Å². The number of nitrogens with one attached hydrogen (secondary N) is 2. The van der Waals surface area contributed by atoms with Gasteiger partial charge in [0.2, 0.25) is 5.91 Å². The van der Waals surface area contributed by atoms with E-state index in [1.807, 2.05) is 18.2 Å². The average Bonchev–Trinajstić information content (AvgIpc) is 2.75. The topological polar surface area (TPSA) is 70.7 Å². The molecule has 0 atom stereocenters. The van der Waals surface area contributed by atoms with E-state index in [1.54, 1.807) is 12.1 Å². The Morgan fingerprint density at radius 2 is 1.66 bits per heavy atom. The van der Waals surface area contributed by atoms with Crippen LogP contribution in [0.25, 0.3) is 0 Å². The first-order chi connectivity index (χ1) is 13.9. The second-order valence-corrected chi connectivity index (χ2v) is 7.91. The molecular weight excluding hydrogens is 366 g/mol. The Hall–Kier alpha value is -2.86. The Labute approximate surface area is 172 Å². The van der Waals surface area contributed by atoms with Crippen LogP contribution in [0.15, 0.2) is 54.6 Å². The van der Waals surface area contributed by atoms with Crippen molar-refractivity contribution in [3.8, 4) is 5.75 Å². The van der Waals surface area contributed by atoms with Gasteiger partial charge < -0.3 is 15.4 Å². The van der Waals surface area contributed by atoms with E-state index in [0.29, 0.717) is 12.3 Å². The number of rotatable bonds is 8. The van der Waals surface area contributed by atoms with Crippen LogP contribution in [0.5, 0.6) is 5.75 Å². The first kappa shape index (κ1) is 20.9. The van der Waals surface area contributed by atoms with Crippen molar-refractivity contribution in [1.82, 2.24) is 15.5 Å². The number of hydrogen-bond donors (Lipinski definition) is 2. The molecule has 0 aliphatic carbocycles. The Kier molecular flexibility index (Phi) is 6.88. The normalized spacial score (nSPS) is 14.0. The van der Waals surface area contributed by atoms with E-state index >= 15 is 0 Å². The van der Waals surface area contributed by atoms with Gasteiger partial charge in [0.25, 0.3) is 5.91 Å². The molecule has 0 unspecified atom stereocenters. The predicted molar refractivity (Wildman–Crippen MR) is 113 cm³/mol. The van der Waals surface area contributed by atoms with Crippen molar-refractivity contribution in [2.24, 2.45) is 0 Å². The van der Waals surface area contributed by atoms with Crippen LogP contribution >= 0.6 is 0 Å². The summed E-state index contributed by atoms with van der Waals surface area (Å²) in [5.74, 6) is 0.0939. The zero-order valence-electron chi connectivity index (χ0n) is 17.1. The second kappa shape index (κ2) is 9.56. The maximum absolute atomic E-state index is 12.2. The van der Waals surface area contributed by atoms with Crippen LogP contribution in [-0.2, 0) is 22.6 Å². The van der Waals surface area contributed by atoms with Crippen molar-refractivity contribution in [2.45, 2.75) is 32.4 Å². The summed E-state index contributed by atoms with van der Waals surface area (Å²) in [6.07, 6.45) is 1.02. The molecule has 0 bridgehead atoms. The molecule has 2 aromatic rings. The van der Waals surface area contributed by atoms with Crippen LogP contribution in [0.1, 0.15) is 25.0 Å². The first-order valence-electron chi connectivity index (χ1n) is 9.97. The van der Waals surface area contributed by atoms with E-state index in [2.05, 4.69) is 53.6 Å². The summed E-state index contributed by atoms with van der Waals surface area (Å²) < 4.78 is 5.37. The molecule has 154 valence electrons. The largest absolute Gasteiger partial charge is 0.484 e. The molecule has 1 aliphatic heterocycles. The Morgan fingerprint density at radius 3 is 2.41 bits per heavy atom. The molecule has 1 aliphatic rings. The van der Waals surface area contributed by atoms with Gasteiger partial charge in [0.1, 0.15) is 5.75 Å². The van der Waals surface area contributed by atoms with Crippen LogP contribution in [0, 0.1) is 0 Å². The van der Waals surface area contributed by atoms with Gasteiger partial charge in [-0.25, -0.2) is 0 Å². The molecule has 0 aromatic heterocycles. The third-order valence-electron chi connectivity index (χ3n) is 5.26. The molecule has 0 spiro atoms. The highest BCUT2D eigenvalue weighted by atomic mass is 16.5. The van der Waals surface area contributed by atoms with E-state index < -0.39 is 0 Å². The van der Waals surface area contributed by atoms with Gasteiger partial charge in [0.15, 0.2) is 6.61 Å². The second-order valence-electron chi connectivity index (χ2n) is 7.91. The number of amides is 2. The minimum Gasteiger partial charge on any atom is -0.484 e. The molecular formula is C23H29N3O3. The van der Waals surface area contributed by atoms with Crippen molar-refractivity contribution in [1.29, 1.82) is 0 Å². The van der Waals surface area contributed by atoms with E-state index in [9.17, 15) is 9.59 Å². The lowest BCUT2D eigenvalue weighted by atomic mass is 9.94. The molecule has 2 amide bonds. The number of ether oxygens (including phenoxy) is 1. The zero-order valence-corrected chi connectivity index (χ0v) is 17.1. The maximum Gasteiger partial charge on any atom is 0.258 e. The van der Waals surface area contributed by atoms with Crippen molar-refractivity contribution >= 4 is 11.8 Å². The van der Waals surface area contributed by atoms with Crippen LogP contribution in [0.4, 0.5) is 0 Å². The monoisotopic (exact) mass is 395 g/mol. The molecule has 6 nitrogen and oxygen atoms in total. The SMILES string of the molecule is CC(C)(CNC(=O)CNC(=O)COc1ccccc1)N1CCc2ccccc2C1. The lowest BCUT2D eigenvalue weighted by Gasteiger charge is -2.41. The fourth-order valence-corrected chi connectivity index (χ4v) is 3.40. The molecule has 0 fully saturated rings. The van der Waals surface area contributed by atoms with Gasteiger partial charge >= 0.3 is 0 Å². The van der Waals surface area contributed by atoms with E-state index in [-0.39, 0.29) is 30.5 Å². The molecule has 2 aromatic carbocycles. The van der Waals surface area contributed by atoms with Crippen LogP contribution in [0.3, 0.4) is 0 Å². The first-order valence-corrected chi connectivity index (χ1v) is 9.97. The number of hydrogen-bond acceptors (Lipinski definition) is 4. The van der Waals surface area contributed by atoms with E-state index in [1.165, 1.54) is 11.1 Å². The number of benzene rings is 2. The standard InChI is InChI=1S/C23H29N3O3/c1-23(2,26-13-12-18-8-6-7-9-19(18)15-26)17-25-21(27)14-24-22(28)16-29-20-10-4-3-5-11-20/h3-11H,12-17H2,1-2H3,(H,24,28)(H,25,27). The minimum absolute atomic E-state index is 0.0596. The van der Waals surface area contributed by atoms with Crippen molar-refractivity contribution in [2.75, 3.05) is 26.2 Å². The number of nitrogens with zero attached hydrogens (tertiary/aromatic N) is 1. The molecule has 3 rings (SSSR count). The molecule has 0 radical (unpaired) electrons. The zero-order chi connectivity index (χ0) is 20.7. The minimum atomic E-state index is -0.323. The summed E-state index contributed by atoms with van der Waals surface area (Å²) >= 11 is 0. The molecule has 2 N–H and O–H groups in total. The molecule has 0 saturated carbocycles. The molecule has 1 heterocycles. The number of carbonyl (C=O) groups is 2. The summed E-state index contributed by atoms with van der Waals surface area (Å²) in [6, 6.07) is 17.6. The lowest BCUT2D eigenvalue weighted by Crippen LogP contribution is -2.54. The third-order valence-corrected chi connectivity index (χ3v) is 5.26. The van der Waals surface area contributed by atoms with Gasteiger partial charge in [-0.1, -0.05) is 42.5 Å². The van der Waals surface area contributed by atoms with Crippen LogP contribution < -0.4 is 15.4 Å². The van der Waals surface area contributed by atoms with Crippen molar-refractivity contribution in [3.63, 3.8) is 0 Å². The maximum atomic E-state index is 12.2. The Bertz CT molecular complexity index is 836. The van der Waals surface area contributed by atoms with Crippen LogP contribution in [-0.4, -0.2) is 48.5 Å². The predicted octanol–water partition coefficient (Wildman–Crippen LogP) is 2.13.